The minimum Gasteiger partial charge on any atom is -0.478 e. The predicted molar refractivity (Wildman–Crippen MR) is 124 cm³/mol. The molecule has 0 aromatic heterocycles. The number of rotatable bonds is 4. The molecule has 0 atom stereocenters. The average Bonchev–Trinajstić information content (AvgIpc) is 3.07. The van der Waals surface area contributed by atoms with E-state index in [0.717, 1.165) is 11.1 Å². The lowest BCUT2D eigenvalue weighted by atomic mass is 10.1. The number of aryl methyl sites for hydroxylation is 1. The van der Waals surface area contributed by atoms with Crippen LogP contribution in [0.1, 0.15) is 27.0 Å². The van der Waals surface area contributed by atoms with Crippen LogP contribution in [0, 0.1) is 6.92 Å². The number of anilines is 1. The molecule has 0 radical (unpaired) electrons. The van der Waals surface area contributed by atoms with Gasteiger partial charge in [-0.15, -0.1) is 0 Å². The molecule has 4 rings (SSSR count). The maximum Gasteiger partial charge on any atom is 0.335 e. The van der Waals surface area contributed by atoms with Crippen molar-refractivity contribution in [3.63, 3.8) is 0 Å². The minimum absolute atomic E-state index is 0.110. The summed E-state index contributed by atoms with van der Waals surface area (Å²) in [5.41, 5.74) is 4.00. The van der Waals surface area contributed by atoms with E-state index in [9.17, 15) is 14.7 Å². The molecule has 1 aliphatic heterocycles. The second-order valence-electron chi connectivity index (χ2n) is 7.11. The minimum atomic E-state index is -1.05. The molecule has 0 saturated carbocycles. The fraction of sp³-hybridized carbons (Fsp3) is 0.0400. The summed E-state index contributed by atoms with van der Waals surface area (Å²) in [6.07, 6.45) is 3.50. The number of carbonyl (C=O) groups excluding carboxylic acids is 1. The zero-order chi connectivity index (χ0) is 22.1. The van der Waals surface area contributed by atoms with Crippen molar-refractivity contribution in [1.82, 2.24) is 0 Å². The van der Waals surface area contributed by atoms with Gasteiger partial charge in [-0.2, -0.15) is 0 Å². The first-order chi connectivity index (χ1) is 14.8. The Balaban J connectivity index is 1.88. The van der Waals surface area contributed by atoms with E-state index in [1.165, 1.54) is 12.1 Å². The van der Waals surface area contributed by atoms with Gasteiger partial charge in [-0.1, -0.05) is 65.7 Å². The molecule has 0 aliphatic carbocycles. The van der Waals surface area contributed by atoms with E-state index in [-0.39, 0.29) is 11.5 Å². The van der Waals surface area contributed by atoms with Gasteiger partial charge in [0.15, 0.2) is 0 Å². The molecule has 31 heavy (non-hydrogen) atoms. The summed E-state index contributed by atoms with van der Waals surface area (Å²) in [6.45, 7) is 1.84. The number of halogens is 2. The Morgan fingerprint density at radius 2 is 1.74 bits per heavy atom. The maximum absolute atomic E-state index is 13.5. The maximum atomic E-state index is 13.5. The van der Waals surface area contributed by atoms with Crippen LogP contribution in [0.2, 0.25) is 10.0 Å². The molecule has 154 valence electrons. The summed E-state index contributed by atoms with van der Waals surface area (Å²) in [5, 5.41) is 10.4. The summed E-state index contributed by atoms with van der Waals surface area (Å²) in [6, 6.07) is 19.3. The van der Waals surface area contributed by atoms with Gasteiger partial charge in [-0.05, 0) is 60.0 Å². The Morgan fingerprint density at radius 3 is 2.42 bits per heavy atom. The van der Waals surface area contributed by atoms with Crippen LogP contribution in [0.5, 0.6) is 0 Å². The smallest absolute Gasteiger partial charge is 0.335 e. The number of aromatic carboxylic acids is 1. The van der Waals surface area contributed by atoms with Gasteiger partial charge in [-0.3, -0.25) is 9.69 Å². The van der Waals surface area contributed by atoms with E-state index in [1.54, 1.807) is 41.3 Å². The molecule has 0 fully saturated rings. The molecule has 0 bridgehead atoms. The highest BCUT2D eigenvalue weighted by Crippen LogP contribution is 2.37. The number of amides is 1. The van der Waals surface area contributed by atoms with E-state index in [1.807, 2.05) is 37.3 Å². The van der Waals surface area contributed by atoms with Gasteiger partial charge in [-0.25, -0.2) is 4.79 Å². The van der Waals surface area contributed by atoms with Gasteiger partial charge in [0.25, 0.3) is 5.91 Å². The van der Waals surface area contributed by atoms with E-state index in [2.05, 4.69) is 0 Å². The molecule has 4 nitrogen and oxygen atoms in total. The molecule has 1 N–H and O–H groups in total. The van der Waals surface area contributed by atoms with Crippen LogP contribution >= 0.6 is 23.2 Å². The van der Waals surface area contributed by atoms with Crippen LogP contribution in [0.3, 0.4) is 0 Å². The van der Waals surface area contributed by atoms with Crippen molar-refractivity contribution in [2.75, 3.05) is 4.90 Å². The van der Waals surface area contributed by atoms with Crippen molar-refractivity contribution in [2.45, 2.75) is 6.92 Å². The van der Waals surface area contributed by atoms with Crippen molar-refractivity contribution in [2.24, 2.45) is 0 Å². The molecule has 0 spiro atoms. The average molecular weight is 450 g/mol. The molecule has 1 amide bonds. The lowest BCUT2D eigenvalue weighted by Crippen LogP contribution is -2.26. The van der Waals surface area contributed by atoms with Gasteiger partial charge >= 0.3 is 5.97 Å². The first kappa shape index (κ1) is 20.9. The Hall–Kier alpha value is -3.34. The zero-order valence-corrected chi connectivity index (χ0v) is 18.0. The van der Waals surface area contributed by atoms with Crippen LogP contribution in [-0.4, -0.2) is 17.0 Å². The van der Waals surface area contributed by atoms with E-state index in [0.29, 0.717) is 32.6 Å². The molecule has 0 unspecified atom stereocenters. The lowest BCUT2D eigenvalue weighted by molar-refractivity contribution is -0.113. The van der Waals surface area contributed by atoms with Gasteiger partial charge in [0.05, 0.1) is 16.9 Å². The third kappa shape index (κ3) is 4.13. The van der Waals surface area contributed by atoms with Crippen molar-refractivity contribution in [1.29, 1.82) is 0 Å². The molecular weight excluding hydrogens is 433 g/mol. The summed E-state index contributed by atoms with van der Waals surface area (Å²) >= 11 is 12.3. The molecule has 3 aromatic rings. The summed E-state index contributed by atoms with van der Waals surface area (Å²) in [7, 11) is 0. The van der Waals surface area contributed by atoms with Crippen molar-refractivity contribution < 1.29 is 14.7 Å². The van der Waals surface area contributed by atoms with Crippen LogP contribution < -0.4 is 4.90 Å². The number of nitrogens with zero attached hydrogens (tertiary/aromatic N) is 1. The number of hydrogen-bond donors (Lipinski definition) is 1. The number of carbonyl (C=O) groups is 2. The first-order valence-corrected chi connectivity index (χ1v) is 10.2. The highest BCUT2D eigenvalue weighted by Gasteiger charge is 2.31. The van der Waals surface area contributed by atoms with Gasteiger partial charge in [0.1, 0.15) is 0 Å². The predicted octanol–water partition coefficient (Wildman–Crippen LogP) is 6.47. The highest BCUT2D eigenvalue weighted by molar-refractivity contribution is 6.35. The van der Waals surface area contributed by atoms with Crippen LogP contribution in [0.4, 0.5) is 5.69 Å². The Morgan fingerprint density at radius 1 is 1.00 bits per heavy atom. The monoisotopic (exact) mass is 449 g/mol. The molecular formula is C25H17Cl2NO3. The van der Waals surface area contributed by atoms with Crippen LogP contribution in [0.15, 0.2) is 78.4 Å². The number of benzene rings is 3. The van der Waals surface area contributed by atoms with E-state index < -0.39 is 5.97 Å². The van der Waals surface area contributed by atoms with E-state index >= 15 is 0 Å². The topological polar surface area (TPSA) is 57.6 Å². The van der Waals surface area contributed by atoms with Gasteiger partial charge < -0.3 is 5.11 Å². The standard InChI is InChI=1S/C25H17Cl2NO3/c1-15-7-8-18(25(30)31)12-22(15)28-23(16-5-3-2-4-6-16)13-19(24(28)29)11-17-9-10-20(26)14-21(17)27/h2-14H,1H3,(H,30,31)/b19-11+. The Kier molecular flexibility index (Phi) is 5.68. The fourth-order valence-electron chi connectivity index (χ4n) is 3.45. The van der Waals surface area contributed by atoms with Gasteiger partial charge in [0.2, 0.25) is 0 Å². The largest absolute Gasteiger partial charge is 0.478 e. The highest BCUT2D eigenvalue weighted by atomic mass is 35.5. The number of carboxylic acids is 1. The fourth-order valence-corrected chi connectivity index (χ4v) is 3.91. The van der Waals surface area contributed by atoms with Crippen LogP contribution in [0.25, 0.3) is 11.8 Å². The van der Waals surface area contributed by atoms with Crippen molar-refractivity contribution >= 4 is 52.5 Å². The van der Waals surface area contributed by atoms with Crippen molar-refractivity contribution in [3.05, 3.63) is 111 Å². The van der Waals surface area contributed by atoms with E-state index in [4.69, 9.17) is 23.2 Å². The second kappa shape index (κ2) is 8.42. The first-order valence-electron chi connectivity index (χ1n) is 9.47. The third-order valence-corrected chi connectivity index (χ3v) is 5.59. The number of carboxylic acid groups (broad SMARTS) is 1. The Bertz CT molecular complexity index is 1260. The Labute approximate surface area is 189 Å². The SMILES string of the molecule is Cc1ccc(C(=O)O)cc1N1C(=O)/C(=C/c2ccc(Cl)cc2Cl)C=C1c1ccccc1. The molecule has 3 aromatic carbocycles. The molecule has 1 heterocycles. The number of hydrogen-bond acceptors (Lipinski definition) is 2. The molecule has 6 heteroatoms. The summed E-state index contributed by atoms with van der Waals surface area (Å²) in [5.74, 6) is -1.32. The van der Waals surface area contributed by atoms with Crippen molar-refractivity contribution in [3.8, 4) is 0 Å². The normalized spacial score (nSPS) is 14.8. The summed E-state index contributed by atoms with van der Waals surface area (Å²) in [4.78, 5) is 26.6. The molecule has 1 aliphatic rings. The lowest BCUT2D eigenvalue weighted by Gasteiger charge is -2.23. The van der Waals surface area contributed by atoms with Crippen LogP contribution in [-0.2, 0) is 4.79 Å². The quantitative estimate of drug-likeness (QED) is 0.464. The second-order valence-corrected chi connectivity index (χ2v) is 7.95. The van der Waals surface area contributed by atoms with Gasteiger partial charge in [0, 0.05) is 15.6 Å². The third-order valence-electron chi connectivity index (χ3n) is 5.02. The summed E-state index contributed by atoms with van der Waals surface area (Å²) < 4.78 is 0. The molecule has 0 saturated heterocycles. The zero-order valence-electron chi connectivity index (χ0n) is 16.5.